The van der Waals surface area contributed by atoms with E-state index in [0.717, 1.165) is 22.3 Å². The predicted octanol–water partition coefficient (Wildman–Crippen LogP) is 3.50. The van der Waals surface area contributed by atoms with Gasteiger partial charge in [-0.25, -0.2) is 4.79 Å². The number of carbonyl (C=O) groups is 3. The Labute approximate surface area is 256 Å². The van der Waals surface area contributed by atoms with Crippen LogP contribution in [-0.2, 0) is 37.2 Å². The molecule has 224 valence electrons. The largest absolute Gasteiger partial charge is 0.459 e. The lowest BCUT2D eigenvalue weighted by Gasteiger charge is -2.22. The second-order valence-electron chi connectivity index (χ2n) is 10.0. The van der Waals surface area contributed by atoms with Crippen molar-refractivity contribution < 1.29 is 24.2 Å². The van der Waals surface area contributed by atoms with Crippen LogP contribution >= 0.6 is 23.5 Å². The van der Waals surface area contributed by atoms with Crippen molar-refractivity contribution in [3.05, 3.63) is 107 Å². The van der Waals surface area contributed by atoms with Crippen molar-refractivity contribution in [2.24, 2.45) is 5.73 Å². The van der Waals surface area contributed by atoms with Gasteiger partial charge in [0.1, 0.15) is 18.7 Å². The van der Waals surface area contributed by atoms with Crippen molar-refractivity contribution in [2.75, 3.05) is 18.1 Å². The number of aliphatic hydroxyl groups is 1. The van der Waals surface area contributed by atoms with Crippen molar-refractivity contribution >= 4 is 41.3 Å². The number of hydrogen-bond acceptors (Lipinski definition) is 8. The summed E-state index contributed by atoms with van der Waals surface area (Å²) in [6.45, 7) is 3.44. The molecule has 3 aromatic carbocycles. The van der Waals surface area contributed by atoms with Gasteiger partial charge in [-0.2, -0.15) is 23.5 Å². The first kappa shape index (κ1) is 33.2. The number of amides is 2. The summed E-state index contributed by atoms with van der Waals surface area (Å²) in [5.41, 5.74) is 11.4. The molecule has 0 bridgehead atoms. The van der Waals surface area contributed by atoms with Crippen LogP contribution < -0.4 is 16.4 Å². The van der Waals surface area contributed by atoms with Crippen LogP contribution in [0.3, 0.4) is 0 Å². The average molecular weight is 610 g/mol. The first-order chi connectivity index (χ1) is 20.2. The van der Waals surface area contributed by atoms with E-state index in [2.05, 4.69) is 10.6 Å². The molecule has 42 heavy (non-hydrogen) atoms. The van der Waals surface area contributed by atoms with Crippen LogP contribution in [0.25, 0.3) is 0 Å². The van der Waals surface area contributed by atoms with Crippen LogP contribution in [0, 0.1) is 13.8 Å². The summed E-state index contributed by atoms with van der Waals surface area (Å²) in [7, 11) is 0. The van der Waals surface area contributed by atoms with Gasteiger partial charge in [0.2, 0.25) is 11.8 Å². The Kier molecular flexibility index (Phi) is 13.9. The van der Waals surface area contributed by atoms with Crippen molar-refractivity contribution in [1.82, 2.24) is 10.6 Å². The molecule has 10 heteroatoms. The monoisotopic (exact) mass is 609 g/mol. The third kappa shape index (κ3) is 11.5. The fourth-order valence-corrected chi connectivity index (χ4v) is 5.74. The molecule has 0 unspecified atom stereocenters. The summed E-state index contributed by atoms with van der Waals surface area (Å²) in [6, 6.07) is 22.3. The second-order valence-corrected chi connectivity index (χ2v) is 12.1. The molecule has 0 saturated carbocycles. The molecule has 0 aromatic heterocycles. The Morgan fingerprint density at radius 2 is 1.26 bits per heavy atom. The maximum absolute atomic E-state index is 13.1. The molecule has 8 nitrogen and oxygen atoms in total. The van der Waals surface area contributed by atoms with Gasteiger partial charge in [0.15, 0.2) is 0 Å². The lowest BCUT2D eigenvalue weighted by atomic mass is 10.2. The van der Waals surface area contributed by atoms with Crippen molar-refractivity contribution in [1.29, 1.82) is 0 Å². The smallest absolute Gasteiger partial charge is 0.329 e. The van der Waals surface area contributed by atoms with Crippen LogP contribution in [0.1, 0.15) is 27.8 Å². The third-order valence-corrected chi connectivity index (χ3v) is 8.58. The fraction of sp³-hybridized carbons (Fsp3) is 0.344. The van der Waals surface area contributed by atoms with Gasteiger partial charge in [0, 0.05) is 23.0 Å². The molecule has 5 N–H and O–H groups in total. The van der Waals surface area contributed by atoms with Crippen LogP contribution in [0.4, 0.5) is 0 Å². The number of carbonyl (C=O) groups excluding carboxylic acids is 3. The van der Waals surface area contributed by atoms with Crippen LogP contribution in [0.15, 0.2) is 78.9 Å². The number of benzene rings is 3. The van der Waals surface area contributed by atoms with E-state index in [0.29, 0.717) is 17.3 Å². The van der Waals surface area contributed by atoms with Crippen LogP contribution in [-0.4, -0.2) is 59.1 Å². The normalized spacial score (nSPS) is 13.0. The molecular weight excluding hydrogens is 571 g/mol. The minimum Gasteiger partial charge on any atom is -0.459 e. The van der Waals surface area contributed by atoms with Crippen molar-refractivity contribution in [3.63, 3.8) is 0 Å². The summed E-state index contributed by atoms with van der Waals surface area (Å²) in [5.74, 6) is 0.0563. The molecule has 3 rings (SSSR count). The fourth-order valence-electron chi connectivity index (χ4n) is 3.79. The number of rotatable bonds is 16. The first-order valence-electron chi connectivity index (χ1n) is 13.7. The topological polar surface area (TPSA) is 131 Å². The lowest BCUT2D eigenvalue weighted by molar-refractivity contribution is -0.148. The number of esters is 1. The van der Waals surface area contributed by atoms with Gasteiger partial charge >= 0.3 is 5.97 Å². The highest BCUT2D eigenvalue weighted by Crippen LogP contribution is 2.16. The molecule has 0 heterocycles. The molecule has 0 spiro atoms. The summed E-state index contributed by atoms with van der Waals surface area (Å²) < 4.78 is 5.49. The molecule has 3 aromatic rings. The number of aryl methyl sites for hydroxylation is 2. The Balaban J connectivity index is 1.55. The average Bonchev–Trinajstić information content (AvgIpc) is 3.00. The number of nitrogens with one attached hydrogen (secondary N) is 2. The Bertz CT molecular complexity index is 1270. The maximum Gasteiger partial charge on any atom is 0.329 e. The van der Waals surface area contributed by atoms with Crippen LogP contribution in [0.2, 0.25) is 0 Å². The van der Waals surface area contributed by atoms with E-state index >= 15 is 0 Å². The van der Waals surface area contributed by atoms with Crippen molar-refractivity contribution in [2.45, 2.75) is 50.1 Å². The highest BCUT2D eigenvalue weighted by molar-refractivity contribution is 7.98. The third-order valence-electron chi connectivity index (χ3n) is 6.34. The highest BCUT2D eigenvalue weighted by Gasteiger charge is 2.28. The van der Waals surface area contributed by atoms with Gasteiger partial charge in [0.05, 0.1) is 12.6 Å². The molecule has 0 fully saturated rings. The molecule has 0 radical (unpaired) electrons. The highest BCUT2D eigenvalue weighted by atomic mass is 32.2. The van der Waals surface area contributed by atoms with Gasteiger partial charge in [0.25, 0.3) is 0 Å². The molecule has 0 aliphatic rings. The zero-order valence-electron chi connectivity index (χ0n) is 24.0. The number of thioether (sulfide) groups is 2. The van der Waals surface area contributed by atoms with E-state index in [1.807, 2.05) is 92.7 Å². The van der Waals surface area contributed by atoms with E-state index in [9.17, 15) is 19.5 Å². The predicted molar refractivity (Wildman–Crippen MR) is 170 cm³/mol. The number of nitrogens with two attached hydrogens (primary N) is 1. The number of ether oxygens (including phenoxy) is 1. The summed E-state index contributed by atoms with van der Waals surface area (Å²) in [6.07, 6.45) is 0. The molecule has 2 amide bonds. The van der Waals surface area contributed by atoms with Gasteiger partial charge in [-0.05, 0) is 30.5 Å². The molecule has 0 saturated heterocycles. The standard InChI is InChI=1S/C32H39N3O5S2/c1-22-8-12-25(13-9-22)18-41-20-27(33)30(37)34-28(16-36)31(38)35-29(21-42-19-26-14-10-23(2)11-15-26)32(39)40-17-24-6-4-3-5-7-24/h3-15,27-29,36H,16-21,33H2,1-2H3,(H,34,37)(H,35,38)/t27-,28-,29-/m0/s1. The molecule has 3 atom stereocenters. The number of hydrogen-bond donors (Lipinski definition) is 4. The van der Waals surface area contributed by atoms with Crippen molar-refractivity contribution in [3.8, 4) is 0 Å². The Hall–Kier alpha value is -3.31. The quantitative estimate of drug-likeness (QED) is 0.182. The van der Waals surface area contributed by atoms with E-state index in [1.54, 1.807) is 0 Å². The minimum atomic E-state index is -1.27. The zero-order valence-corrected chi connectivity index (χ0v) is 25.6. The van der Waals surface area contributed by atoms with Gasteiger partial charge in [-0.1, -0.05) is 90.0 Å². The summed E-state index contributed by atoms with van der Waals surface area (Å²) in [4.78, 5) is 38.8. The van der Waals surface area contributed by atoms with E-state index in [-0.39, 0.29) is 12.4 Å². The summed E-state index contributed by atoms with van der Waals surface area (Å²) >= 11 is 2.98. The summed E-state index contributed by atoms with van der Waals surface area (Å²) in [5, 5.41) is 15.1. The SMILES string of the molecule is Cc1ccc(CSC[C@H](NC(=O)[C@H](CO)NC(=O)[C@@H](N)CSCc2ccc(C)cc2)C(=O)OCc2ccccc2)cc1. The van der Waals surface area contributed by atoms with E-state index in [1.165, 1.54) is 29.1 Å². The van der Waals surface area contributed by atoms with Gasteiger partial charge in [-0.3, -0.25) is 9.59 Å². The van der Waals surface area contributed by atoms with Gasteiger partial charge < -0.3 is 26.2 Å². The maximum atomic E-state index is 13.1. The Morgan fingerprint density at radius 3 is 1.81 bits per heavy atom. The van der Waals surface area contributed by atoms with Gasteiger partial charge in [-0.15, -0.1) is 0 Å². The molecular formula is C32H39N3O5S2. The van der Waals surface area contributed by atoms with Crippen LogP contribution in [0.5, 0.6) is 0 Å². The number of aliphatic hydroxyl groups excluding tert-OH is 1. The lowest BCUT2D eigenvalue weighted by Crippen LogP contribution is -2.56. The van der Waals surface area contributed by atoms with E-state index in [4.69, 9.17) is 10.5 Å². The first-order valence-corrected chi connectivity index (χ1v) is 16.0. The van der Waals surface area contributed by atoms with E-state index < -0.39 is 42.5 Å². The minimum absolute atomic E-state index is 0.0595. The molecule has 0 aliphatic heterocycles. The second kappa shape index (κ2) is 17.6. The zero-order chi connectivity index (χ0) is 30.3. The molecule has 0 aliphatic carbocycles. The Morgan fingerprint density at radius 1 is 0.738 bits per heavy atom.